The number of tetrazole rings is 1. The minimum atomic E-state index is -0.875. The summed E-state index contributed by atoms with van der Waals surface area (Å²) in [6.45, 7) is 3.97. The van der Waals surface area contributed by atoms with Crippen LogP contribution in [-0.2, 0) is 22.5 Å². The zero-order valence-electron chi connectivity index (χ0n) is 19.4. The molecule has 0 amide bonds. The van der Waals surface area contributed by atoms with Crippen LogP contribution in [0.3, 0.4) is 0 Å². The van der Waals surface area contributed by atoms with E-state index in [1.165, 1.54) is 6.92 Å². The van der Waals surface area contributed by atoms with Gasteiger partial charge in [0.05, 0.1) is 0 Å². The summed E-state index contributed by atoms with van der Waals surface area (Å²) in [5, 5.41) is 14.4. The molecule has 35 heavy (non-hydrogen) atoms. The van der Waals surface area contributed by atoms with Gasteiger partial charge in [-0.15, -0.1) is 10.2 Å². The molecule has 4 aromatic rings. The molecule has 0 saturated heterocycles. The van der Waals surface area contributed by atoms with Crippen molar-refractivity contribution in [1.82, 2.24) is 30.2 Å². The second-order valence-electron chi connectivity index (χ2n) is 8.08. The number of benzene rings is 2. The van der Waals surface area contributed by atoms with Gasteiger partial charge >= 0.3 is 5.97 Å². The Hall–Kier alpha value is -3.85. The number of carbonyl (C=O) groups excluding carboxylic acids is 2. The van der Waals surface area contributed by atoms with Crippen LogP contribution in [0.15, 0.2) is 48.5 Å². The van der Waals surface area contributed by atoms with Crippen molar-refractivity contribution in [2.45, 2.75) is 45.8 Å². The number of imidazole rings is 1. The van der Waals surface area contributed by atoms with Crippen LogP contribution in [0.5, 0.6) is 0 Å². The lowest BCUT2D eigenvalue weighted by Crippen LogP contribution is -2.20. The van der Waals surface area contributed by atoms with Gasteiger partial charge in [0, 0.05) is 18.5 Å². The number of rotatable bonds is 10. The van der Waals surface area contributed by atoms with Gasteiger partial charge in [-0.1, -0.05) is 73.5 Å². The number of aromatic nitrogens is 6. The summed E-state index contributed by atoms with van der Waals surface area (Å²) in [6, 6.07) is 15.8. The van der Waals surface area contributed by atoms with E-state index in [1.807, 2.05) is 48.5 Å². The second kappa shape index (κ2) is 11.1. The Morgan fingerprint density at radius 2 is 1.91 bits per heavy atom. The molecule has 0 radical (unpaired) electrons. The van der Waals surface area contributed by atoms with Gasteiger partial charge in [0.2, 0.25) is 5.82 Å². The van der Waals surface area contributed by atoms with Gasteiger partial charge in [-0.2, -0.15) is 5.21 Å². The molecule has 2 heterocycles. The van der Waals surface area contributed by atoms with Crippen LogP contribution < -0.4 is 0 Å². The summed E-state index contributed by atoms with van der Waals surface area (Å²) in [6.07, 6.45) is 2.23. The highest BCUT2D eigenvalue weighted by atomic mass is 35.5. The first-order valence-corrected chi connectivity index (χ1v) is 11.7. The first-order valence-electron chi connectivity index (χ1n) is 11.3. The monoisotopic (exact) mass is 492 g/mol. The maximum Gasteiger partial charge on any atom is 0.358 e. The molecule has 10 heteroatoms. The van der Waals surface area contributed by atoms with E-state index in [4.69, 9.17) is 16.3 Å². The number of esters is 1. The molecule has 2 aromatic carbocycles. The van der Waals surface area contributed by atoms with E-state index in [-0.39, 0.29) is 10.8 Å². The highest BCUT2D eigenvalue weighted by molar-refractivity contribution is 6.32. The number of hydrogen-bond acceptors (Lipinski definition) is 7. The predicted molar refractivity (Wildman–Crippen MR) is 131 cm³/mol. The lowest BCUT2D eigenvalue weighted by Gasteiger charge is -2.14. The van der Waals surface area contributed by atoms with Gasteiger partial charge < -0.3 is 9.30 Å². The molecule has 0 saturated carbocycles. The molecule has 1 N–H and O–H groups in total. The summed E-state index contributed by atoms with van der Waals surface area (Å²) in [5.74, 6) is 0.551. The van der Waals surface area contributed by atoms with Crippen molar-refractivity contribution in [1.29, 1.82) is 0 Å². The summed E-state index contributed by atoms with van der Waals surface area (Å²) < 4.78 is 6.99. The summed E-state index contributed by atoms with van der Waals surface area (Å²) in [5.41, 5.74) is 3.94. The number of halogens is 1. The molecular formula is C25H25ClN6O3. The van der Waals surface area contributed by atoms with Gasteiger partial charge in [-0.3, -0.25) is 4.79 Å². The number of ether oxygens (including phenoxy) is 1. The van der Waals surface area contributed by atoms with Crippen molar-refractivity contribution < 1.29 is 14.3 Å². The van der Waals surface area contributed by atoms with Crippen molar-refractivity contribution in [3.05, 3.63) is 70.8 Å². The van der Waals surface area contributed by atoms with Crippen LogP contribution in [-0.4, -0.2) is 48.5 Å². The van der Waals surface area contributed by atoms with Crippen LogP contribution >= 0.6 is 11.6 Å². The van der Waals surface area contributed by atoms with Crippen LogP contribution in [0.2, 0.25) is 5.15 Å². The fourth-order valence-electron chi connectivity index (χ4n) is 3.79. The van der Waals surface area contributed by atoms with Crippen LogP contribution in [0, 0.1) is 0 Å². The average Bonchev–Trinajstić information content (AvgIpc) is 3.51. The standard InChI is InChI=1S/C25H25ClN6O3/c1-3-4-9-21-27-23(26)22(25(34)35-16(2)15-33)32(21)14-17-10-12-18(13-11-17)19-7-5-6-8-20(19)24-28-30-31-29-24/h5-8,10-13,15-16H,3-4,9,14H2,1-2H3,(H,28,29,30,31). The molecule has 0 bridgehead atoms. The number of H-pyrrole nitrogens is 1. The number of aromatic amines is 1. The lowest BCUT2D eigenvalue weighted by molar-refractivity contribution is -0.114. The number of hydrogen-bond donors (Lipinski definition) is 1. The molecule has 0 aliphatic carbocycles. The molecule has 2 aromatic heterocycles. The number of carbonyl (C=O) groups is 2. The van der Waals surface area contributed by atoms with Crippen LogP contribution in [0.4, 0.5) is 0 Å². The minimum Gasteiger partial charge on any atom is -0.450 e. The van der Waals surface area contributed by atoms with E-state index in [0.29, 0.717) is 30.9 Å². The second-order valence-corrected chi connectivity index (χ2v) is 8.44. The largest absolute Gasteiger partial charge is 0.450 e. The number of nitrogens with zero attached hydrogens (tertiary/aromatic N) is 5. The van der Waals surface area contributed by atoms with Gasteiger partial charge in [-0.25, -0.2) is 9.78 Å². The van der Waals surface area contributed by atoms with Crippen molar-refractivity contribution in [2.75, 3.05) is 0 Å². The van der Waals surface area contributed by atoms with Crippen molar-refractivity contribution in [3.63, 3.8) is 0 Å². The third kappa shape index (κ3) is 5.46. The Balaban J connectivity index is 1.65. The lowest BCUT2D eigenvalue weighted by atomic mass is 9.98. The first-order chi connectivity index (χ1) is 17.0. The average molecular weight is 493 g/mol. The third-order valence-electron chi connectivity index (χ3n) is 5.55. The highest BCUT2D eigenvalue weighted by Gasteiger charge is 2.25. The summed E-state index contributed by atoms with van der Waals surface area (Å²) in [7, 11) is 0. The van der Waals surface area contributed by atoms with E-state index in [9.17, 15) is 9.59 Å². The van der Waals surface area contributed by atoms with Crippen LogP contribution in [0.1, 0.15) is 48.6 Å². The Bertz CT molecular complexity index is 1300. The molecule has 1 atom stereocenters. The highest BCUT2D eigenvalue weighted by Crippen LogP contribution is 2.30. The van der Waals surface area contributed by atoms with E-state index in [1.54, 1.807) is 4.57 Å². The van der Waals surface area contributed by atoms with Gasteiger partial charge in [0.15, 0.2) is 23.2 Å². The van der Waals surface area contributed by atoms with E-state index in [2.05, 4.69) is 32.5 Å². The maximum absolute atomic E-state index is 12.8. The van der Waals surface area contributed by atoms with E-state index >= 15 is 0 Å². The van der Waals surface area contributed by atoms with Crippen LogP contribution in [0.25, 0.3) is 22.5 Å². The van der Waals surface area contributed by atoms with Crippen molar-refractivity contribution in [2.24, 2.45) is 0 Å². The zero-order valence-corrected chi connectivity index (χ0v) is 20.2. The molecule has 9 nitrogen and oxygen atoms in total. The Labute approximate surface area is 207 Å². The first kappa shape index (κ1) is 24.3. The Morgan fingerprint density at radius 3 is 2.57 bits per heavy atom. The Kier molecular flexibility index (Phi) is 7.67. The van der Waals surface area contributed by atoms with Gasteiger partial charge in [0.25, 0.3) is 0 Å². The fourth-order valence-corrected chi connectivity index (χ4v) is 4.06. The molecule has 180 valence electrons. The smallest absolute Gasteiger partial charge is 0.358 e. The number of unbranched alkanes of at least 4 members (excludes halogenated alkanes) is 1. The molecule has 0 aliphatic heterocycles. The molecule has 4 rings (SSSR count). The number of aldehydes is 1. The quantitative estimate of drug-likeness (QED) is 0.255. The maximum atomic E-state index is 12.8. The summed E-state index contributed by atoms with van der Waals surface area (Å²) in [4.78, 5) is 28.2. The molecule has 0 spiro atoms. The normalized spacial score (nSPS) is 11.9. The summed E-state index contributed by atoms with van der Waals surface area (Å²) >= 11 is 6.35. The number of nitrogens with one attached hydrogen (secondary N) is 1. The van der Waals surface area contributed by atoms with Gasteiger partial charge in [0.1, 0.15) is 5.82 Å². The van der Waals surface area contributed by atoms with E-state index in [0.717, 1.165) is 35.1 Å². The number of aryl methyl sites for hydroxylation is 1. The van der Waals surface area contributed by atoms with E-state index < -0.39 is 12.1 Å². The zero-order chi connectivity index (χ0) is 24.8. The minimum absolute atomic E-state index is 0.0739. The topological polar surface area (TPSA) is 116 Å². The fraction of sp³-hybridized carbons (Fsp3) is 0.280. The van der Waals surface area contributed by atoms with Crippen molar-refractivity contribution >= 4 is 23.9 Å². The Morgan fingerprint density at radius 1 is 1.17 bits per heavy atom. The SMILES string of the molecule is CCCCc1nc(Cl)c(C(=O)OC(C)C=O)n1Cc1ccc(-c2ccccc2-c2nn[nH]n2)cc1. The molecule has 1 unspecified atom stereocenters. The van der Waals surface area contributed by atoms with Gasteiger partial charge in [-0.05, 0) is 35.2 Å². The third-order valence-corrected chi connectivity index (χ3v) is 5.82. The predicted octanol–water partition coefficient (Wildman–Crippen LogP) is 4.52. The molecule has 0 fully saturated rings. The molecular weight excluding hydrogens is 468 g/mol. The van der Waals surface area contributed by atoms with Crippen molar-refractivity contribution in [3.8, 4) is 22.5 Å². The molecule has 0 aliphatic rings.